The van der Waals surface area contributed by atoms with Crippen molar-refractivity contribution in [2.24, 2.45) is 0 Å². The molecule has 4 nitrogen and oxygen atoms in total. The van der Waals surface area contributed by atoms with Crippen molar-refractivity contribution in [3.05, 3.63) is 59.7 Å². The van der Waals surface area contributed by atoms with Gasteiger partial charge in [0.1, 0.15) is 11.5 Å². The fourth-order valence-electron chi connectivity index (χ4n) is 2.71. The van der Waals surface area contributed by atoms with E-state index in [1.165, 1.54) is 5.56 Å². The van der Waals surface area contributed by atoms with Crippen LogP contribution in [0.2, 0.25) is 0 Å². The summed E-state index contributed by atoms with van der Waals surface area (Å²) in [4.78, 5) is 12.0. The second kappa shape index (κ2) is 10.5. The Morgan fingerprint density at radius 3 is 2.46 bits per heavy atom. The maximum atomic E-state index is 12.0. The maximum absolute atomic E-state index is 12.0. The number of methoxy groups -OCH3 is 1. The molecule has 0 aliphatic heterocycles. The molecule has 0 spiro atoms. The molecule has 0 fully saturated rings. The fraction of sp³-hybridized carbons (Fsp3) is 0.409. The lowest BCUT2D eigenvalue weighted by molar-refractivity contribution is -0.121. The Labute approximate surface area is 156 Å². The number of ether oxygens (including phenoxy) is 2. The minimum Gasteiger partial charge on any atom is -0.497 e. The Hall–Kier alpha value is -2.49. The van der Waals surface area contributed by atoms with Gasteiger partial charge in [-0.2, -0.15) is 0 Å². The van der Waals surface area contributed by atoms with E-state index in [1.54, 1.807) is 7.11 Å². The fourth-order valence-corrected chi connectivity index (χ4v) is 2.71. The van der Waals surface area contributed by atoms with Crippen LogP contribution < -0.4 is 14.8 Å². The van der Waals surface area contributed by atoms with E-state index >= 15 is 0 Å². The normalized spacial score (nSPS) is 10.6. The lowest BCUT2D eigenvalue weighted by Gasteiger charge is -2.11. The molecule has 1 amide bonds. The molecule has 0 aromatic heterocycles. The Kier molecular flexibility index (Phi) is 8.00. The van der Waals surface area contributed by atoms with Crippen LogP contribution in [-0.4, -0.2) is 25.7 Å². The van der Waals surface area contributed by atoms with Crippen molar-refractivity contribution >= 4 is 5.91 Å². The topological polar surface area (TPSA) is 47.6 Å². The molecule has 2 aromatic carbocycles. The smallest absolute Gasteiger partial charge is 0.220 e. The van der Waals surface area contributed by atoms with Crippen LogP contribution in [0.3, 0.4) is 0 Å². The molecule has 4 heteroatoms. The molecule has 140 valence electrons. The highest BCUT2D eigenvalue weighted by Gasteiger charge is 2.03. The van der Waals surface area contributed by atoms with Crippen LogP contribution in [0, 0.1) is 0 Å². The zero-order valence-electron chi connectivity index (χ0n) is 16.0. The first-order chi connectivity index (χ1) is 12.6. The van der Waals surface area contributed by atoms with Crippen LogP contribution in [0.25, 0.3) is 0 Å². The van der Waals surface area contributed by atoms with Crippen molar-refractivity contribution in [1.29, 1.82) is 0 Å². The molecule has 0 bridgehead atoms. The van der Waals surface area contributed by atoms with Crippen LogP contribution in [0.1, 0.15) is 37.8 Å². The number of hydrogen-bond donors (Lipinski definition) is 1. The zero-order valence-corrected chi connectivity index (χ0v) is 16.0. The Morgan fingerprint density at radius 1 is 1.00 bits per heavy atom. The SMILES string of the molecule is COc1ccc(CCC(=O)NCCCc2cccc(OC(C)C)c2)cc1. The molecule has 0 radical (unpaired) electrons. The zero-order chi connectivity index (χ0) is 18.8. The highest BCUT2D eigenvalue weighted by Crippen LogP contribution is 2.16. The molecule has 0 saturated carbocycles. The summed E-state index contributed by atoms with van der Waals surface area (Å²) >= 11 is 0. The molecular formula is C22H29NO3. The summed E-state index contributed by atoms with van der Waals surface area (Å²) in [5.41, 5.74) is 2.37. The highest BCUT2D eigenvalue weighted by atomic mass is 16.5. The van der Waals surface area contributed by atoms with E-state index in [4.69, 9.17) is 9.47 Å². The van der Waals surface area contributed by atoms with Crippen LogP contribution in [0.5, 0.6) is 11.5 Å². The standard InChI is InChI=1S/C22H29NO3/c1-17(2)26-21-8-4-6-19(16-21)7-5-15-23-22(24)14-11-18-9-12-20(25-3)13-10-18/h4,6,8-10,12-13,16-17H,5,7,11,14-15H2,1-3H3,(H,23,24). The van der Waals surface area contributed by atoms with Crippen LogP contribution in [0.15, 0.2) is 48.5 Å². The van der Waals surface area contributed by atoms with Crippen LogP contribution in [0.4, 0.5) is 0 Å². The van der Waals surface area contributed by atoms with Gasteiger partial charge in [-0.25, -0.2) is 0 Å². The summed E-state index contributed by atoms with van der Waals surface area (Å²) in [6.07, 6.45) is 3.26. The van der Waals surface area contributed by atoms with Crippen LogP contribution >= 0.6 is 0 Å². The molecular weight excluding hydrogens is 326 g/mol. The third-order valence-corrected chi connectivity index (χ3v) is 4.03. The average molecular weight is 355 g/mol. The largest absolute Gasteiger partial charge is 0.497 e. The van der Waals surface area contributed by atoms with E-state index in [9.17, 15) is 4.79 Å². The molecule has 26 heavy (non-hydrogen) atoms. The predicted molar refractivity (Wildman–Crippen MR) is 105 cm³/mol. The van der Waals surface area contributed by atoms with Crippen molar-refractivity contribution < 1.29 is 14.3 Å². The minimum atomic E-state index is 0.0951. The molecule has 2 rings (SSSR count). The second-order valence-electron chi connectivity index (χ2n) is 6.62. The number of amides is 1. The molecule has 0 saturated heterocycles. The summed E-state index contributed by atoms with van der Waals surface area (Å²) in [5.74, 6) is 1.83. The molecule has 0 heterocycles. The van der Waals surface area contributed by atoms with E-state index in [1.807, 2.05) is 50.2 Å². The van der Waals surface area contributed by atoms with Crippen molar-refractivity contribution in [2.75, 3.05) is 13.7 Å². The summed E-state index contributed by atoms with van der Waals surface area (Å²) in [7, 11) is 1.65. The lowest BCUT2D eigenvalue weighted by Crippen LogP contribution is -2.24. The van der Waals surface area contributed by atoms with Gasteiger partial charge in [-0.15, -0.1) is 0 Å². The van der Waals surface area contributed by atoms with E-state index in [0.717, 1.165) is 36.3 Å². The molecule has 2 aromatic rings. The minimum absolute atomic E-state index is 0.0951. The first-order valence-corrected chi connectivity index (χ1v) is 9.22. The van der Waals surface area contributed by atoms with Gasteiger partial charge < -0.3 is 14.8 Å². The summed E-state index contributed by atoms with van der Waals surface area (Å²) < 4.78 is 10.8. The monoisotopic (exact) mass is 355 g/mol. The van der Waals surface area contributed by atoms with E-state index in [-0.39, 0.29) is 12.0 Å². The van der Waals surface area contributed by atoms with Crippen molar-refractivity contribution in [2.45, 2.75) is 45.6 Å². The van der Waals surface area contributed by atoms with E-state index < -0.39 is 0 Å². The van der Waals surface area contributed by atoms with Gasteiger partial charge in [-0.1, -0.05) is 24.3 Å². The van der Waals surface area contributed by atoms with Gasteiger partial charge in [0, 0.05) is 13.0 Å². The van der Waals surface area contributed by atoms with E-state index in [2.05, 4.69) is 17.4 Å². The van der Waals surface area contributed by atoms with Crippen molar-refractivity contribution in [3.8, 4) is 11.5 Å². The number of nitrogens with one attached hydrogen (secondary N) is 1. The van der Waals surface area contributed by atoms with Gasteiger partial charge in [0.05, 0.1) is 13.2 Å². The molecule has 1 N–H and O–H groups in total. The summed E-state index contributed by atoms with van der Waals surface area (Å²) in [6, 6.07) is 16.0. The second-order valence-corrected chi connectivity index (χ2v) is 6.62. The van der Waals surface area contributed by atoms with Gasteiger partial charge in [0.2, 0.25) is 5.91 Å². The van der Waals surface area contributed by atoms with E-state index in [0.29, 0.717) is 13.0 Å². The number of benzene rings is 2. The quantitative estimate of drug-likeness (QED) is 0.651. The maximum Gasteiger partial charge on any atom is 0.220 e. The molecule has 0 atom stereocenters. The Balaban J connectivity index is 1.65. The van der Waals surface area contributed by atoms with Crippen molar-refractivity contribution in [1.82, 2.24) is 5.32 Å². The van der Waals surface area contributed by atoms with Gasteiger partial charge in [0.25, 0.3) is 0 Å². The number of aryl methyl sites for hydroxylation is 2. The summed E-state index contributed by atoms with van der Waals surface area (Å²) in [5, 5.41) is 3.00. The first kappa shape index (κ1) is 19.8. The van der Waals surface area contributed by atoms with Crippen molar-refractivity contribution in [3.63, 3.8) is 0 Å². The highest BCUT2D eigenvalue weighted by molar-refractivity contribution is 5.76. The first-order valence-electron chi connectivity index (χ1n) is 9.22. The lowest BCUT2D eigenvalue weighted by atomic mass is 10.1. The van der Waals surface area contributed by atoms with Gasteiger partial charge in [-0.3, -0.25) is 4.79 Å². The Bertz CT molecular complexity index is 680. The predicted octanol–water partition coefficient (Wildman–Crippen LogP) is 4.16. The molecule has 0 aliphatic rings. The van der Waals surface area contributed by atoms with Gasteiger partial charge in [0.15, 0.2) is 0 Å². The third-order valence-electron chi connectivity index (χ3n) is 4.03. The Morgan fingerprint density at radius 2 is 1.77 bits per heavy atom. The van der Waals surface area contributed by atoms with Crippen LogP contribution in [-0.2, 0) is 17.6 Å². The average Bonchev–Trinajstić information content (AvgIpc) is 2.64. The third kappa shape index (κ3) is 7.18. The van der Waals surface area contributed by atoms with Gasteiger partial charge >= 0.3 is 0 Å². The molecule has 0 unspecified atom stereocenters. The van der Waals surface area contributed by atoms with Gasteiger partial charge in [-0.05, 0) is 68.5 Å². The number of rotatable bonds is 10. The number of carbonyl (C=O) groups is 1. The number of hydrogen-bond acceptors (Lipinski definition) is 3. The molecule has 0 aliphatic carbocycles. The number of carbonyl (C=O) groups excluding carboxylic acids is 1. The summed E-state index contributed by atoms with van der Waals surface area (Å²) in [6.45, 7) is 4.74.